The molecule has 3 aromatic rings. The van der Waals surface area contributed by atoms with Gasteiger partial charge < -0.3 is 24.1 Å². The predicted molar refractivity (Wildman–Crippen MR) is 171 cm³/mol. The molecule has 44 heavy (non-hydrogen) atoms. The van der Waals surface area contributed by atoms with Crippen LogP contribution in [0, 0.1) is 16.6 Å². The zero-order chi connectivity index (χ0) is 31.9. The lowest BCUT2D eigenvalue weighted by Gasteiger charge is -2.33. The third kappa shape index (κ3) is 8.60. The van der Waals surface area contributed by atoms with Crippen molar-refractivity contribution in [1.29, 1.82) is 0 Å². The van der Waals surface area contributed by atoms with Crippen LogP contribution >= 0.6 is 0 Å². The highest BCUT2D eigenvalue weighted by Gasteiger charge is 2.42. The molecule has 4 rings (SSSR count). The summed E-state index contributed by atoms with van der Waals surface area (Å²) in [6, 6.07) is 18.5. The summed E-state index contributed by atoms with van der Waals surface area (Å²) in [6.07, 6.45) is 4.03. The first-order valence-corrected chi connectivity index (χ1v) is 15.5. The zero-order valence-electron chi connectivity index (χ0n) is 27.0. The summed E-state index contributed by atoms with van der Waals surface area (Å²) in [5.41, 5.74) is 3.89. The molecule has 6 nitrogen and oxygen atoms in total. The van der Waals surface area contributed by atoms with E-state index in [1.54, 1.807) is 26.4 Å². The lowest BCUT2D eigenvalue weighted by molar-refractivity contribution is -0.137. The molecule has 0 spiro atoms. The van der Waals surface area contributed by atoms with Crippen molar-refractivity contribution < 1.29 is 33.2 Å². The number of methoxy groups -OCH3 is 2. The minimum Gasteiger partial charge on any atom is -0.497 e. The largest absolute Gasteiger partial charge is 0.497 e. The summed E-state index contributed by atoms with van der Waals surface area (Å²) in [7, 11) is 3.20. The number of hydrogen-bond donors (Lipinski definition) is 1. The van der Waals surface area contributed by atoms with Crippen LogP contribution in [0.3, 0.4) is 0 Å². The van der Waals surface area contributed by atoms with E-state index >= 15 is 4.39 Å². The second kappa shape index (κ2) is 14.6. The first kappa shape index (κ1) is 33.5. The van der Waals surface area contributed by atoms with E-state index < -0.39 is 5.97 Å². The van der Waals surface area contributed by atoms with Gasteiger partial charge in [0.25, 0.3) is 0 Å². The highest BCUT2D eigenvalue weighted by Crippen LogP contribution is 2.55. The standard InChI is InChI=1S/C37H47FO6/c1-7-37(15-16-37)23-27(21-34(39)40)26-9-8-10-29(20-26)44-24-25-11-13-30(31-22-28(42-6)12-14-33(31)38)32(19-25)35(36(2,3)4)43-18-17-41-5/h8-14,19-20,22,27,35H,7,15-18,21,23-24H2,1-6H3,(H,39,40)/t27-,35+/m0/s1. The van der Waals surface area contributed by atoms with Gasteiger partial charge in [0, 0.05) is 12.7 Å². The van der Waals surface area contributed by atoms with Gasteiger partial charge in [0.1, 0.15) is 23.9 Å². The topological polar surface area (TPSA) is 74.2 Å². The molecule has 0 radical (unpaired) electrons. The van der Waals surface area contributed by atoms with Gasteiger partial charge in [-0.25, -0.2) is 4.39 Å². The van der Waals surface area contributed by atoms with E-state index in [9.17, 15) is 9.90 Å². The summed E-state index contributed by atoms with van der Waals surface area (Å²) in [4.78, 5) is 11.7. The smallest absolute Gasteiger partial charge is 0.303 e. The van der Waals surface area contributed by atoms with Gasteiger partial charge in [0.15, 0.2) is 0 Å². The molecule has 0 aromatic heterocycles. The molecule has 0 heterocycles. The number of ether oxygens (including phenoxy) is 4. The third-order valence-electron chi connectivity index (χ3n) is 8.76. The van der Waals surface area contributed by atoms with E-state index in [1.165, 1.54) is 18.9 Å². The third-order valence-corrected chi connectivity index (χ3v) is 8.76. The van der Waals surface area contributed by atoms with Crippen LogP contribution in [-0.2, 0) is 20.9 Å². The maximum atomic E-state index is 15.2. The van der Waals surface area contributed by atoms with E-state index in [0.29, 0.717) is 30.3 Å². The number of carboxylic acid groups (broad SMARTS) is 1. The van der Waals surface area contributed by atoms with E-state index in [0.717, 1.165) is 35.1 Å². The lowest BCUT2D eigenvalue weighted by atomic mass is 9.81. The molecular formula is C37H47FO6. The van der Waals surface area contributed by atoms with Crippen molar-refractivity contribution in [2.24, 2.45) is 10.8 Å². The van der Waals surface area contributed by atoms with Gasteiger partial charge in [-0.2, -0.15) is 0 Å². The van der Waals surface area contributed by atoms with Gasteiger partial charge in [0.05, 0.1) is 32.8 Å². The number of halogens is 1. The van der Waals surface area contributed by atoms with Crippen LogP contribution in [0.25, 0.3) is 11.1 Å². The van der Waals surface area contributed by atoms with Gasteiger partial charge in [-0.1, -0.05) is 58.4 Å². The average Bonchev–Trinajstić information content (AvgIpc) is 3.77. The van der Waals surface area contributed by atoms with E-state index in [4.69, 9.17) is 18.9 Å². The van der Waals surface area contributed by atoms with Crippen molar-refractivity contribution in [1.82, 2.24) is 0 Å². The SMILES string of the molecule is CCC1(C[C@H](CC(=O)O)c2cccc(OCc3ccc(-c4cc(OC)ccc4F)c([C@@H](OCCOC)C(C)(C)C)c3)c2)CC1. The number of benzene rings is 3. The summed E-state index contributed by atoms with van der Waals surface area (Å²) >= 11 is 0. The van der Waals surface area contributed by atoms with Crippen LogP contribution in [0.15, 0.2) is 60.7 Å². The summed E-state index contributed by atoms with van der Waals surface area (Å²) in [6.45, 7) is 9.61. The fraction of sp³-hybridized carbons (Fsp3) is 0.486. The van der Waals surface area contributed by atoms with Crippen LogP contribution in [0.1, 0.15) is 88.5 Å². The number of aliphatic carboxylic acids is 1. The van der Waals surface area contributed by atoms with Crippen LogP contribution < -0.4 is 9.47 Å². The minimum absolute atomic E-state index is 0.0565. The average molecular weight is 607 g/mol. The van der Waals surface area contributed by atoms with Crippen molar-refractivity contribution in [2.75, 3.05) is 27.4 Å². The summed E-state index contributed by atoms with van der Waals surface area (Å²) in [5, 5.41) is 9.62. The Morgan fingerprint density at radius 1 is 0.977 bits per heavy atom. The second-order valence-electron chi connectivity index (χ2n) is 13.1. The molecule has 1 aliphatic carbocycles. The highest BCUT2D eigenvalue weighted by atomic mass is 19.1. The van der Waals surface area contributed by atoms with E-state index in [1.807, 2.05) is 42.5 Å². The Bertz CT molecular complexity index is 1410. The molecule has 1 N–H and O–H groups in total. The van der Waals surface area contributed by atoms with Crippen molar-refractivity contribution in [3.05, 3.63) is 83.2 Å². The number of carboxylic acids is 1. The van der Waals surface area contributed by atoms with E-state index in [-0.39, 0.29) is 41.7 Å². The predicted octanol–water partition coefficient (Wildman–Crippen LogP) is 8.97. The number of rotatable bonds is 16. The van der Waals surface area contributed by atoms with Gasteiger partial charge in [-0.15, -0.1) is 0 Å². The normalized spacial score (nSPS) is 15.4. The van der Waals surface area contributed by atoms with Gasteiger partial charge in [0.2, 0.25) is 0 Å². The Balaban J connectivity index is 1.65. The number of hydrogen-bond acceptors (Lipinski definition) is 5. The molecule has 1 saturated carbocycles. The Morgan fingerprint density at radius 3 is 2.39 bits per heavy atom. The molecule has 238 valence electrons. The van der Waals surface area contributed by atoms with Crippen LogP contribution in [0.4, 0.5) is 4.39 Å². The molecule has 0 amide bonds. The molecule has 7 heteroatoms. The first-order valence-electron chi connectivity index (χ1n) is 15.5. The fourth-order valence-corrected chi connectivity index (χ4v) is 6.00. The highest BCUT2D eigenvalue weighted by molar-refractivity contribution is 5.71. The van der Waals surface area contributed by atoms with Gasteiger partial charge >= 0.3 is 5.97 Å². The summed E-state index contributed by atoms with van der Waals surface area (Å²) in [5.74, 6) is 0.0742. The quantitative estimate of drug-likeness (QED) is 0.164. The van der Waals surface area contributed by atoms with Crippen molar-refractivity contribution in [3.8, 4) is 22.6 Å². The molecule has 0 aliphatic heterocycles. The molecule has 0 unspecified atom stereocenters. The molecular weight excluding hydrogens is 559 g/mol. The Kier molecular flexibility index (Phi) is 11.1. The van der Waals surface area contributed by atoms with E-state index in [2.05, 4.69) is 27.7 Å². The second-order valence-corrected chi connectivity index (χ2v) is 13.1. The Hall–Kier alpha value is -3.42. The molecule has 0 bridgehead atoms. The monoisotopic (exact) mass is 606 g/mol. The van der Waals surface area contributed by atoms with Crippen molar-refractivity contribution in [2.45, 2.75) is 78.4 Å². The number of carbonyl (C=O) groups is 1. The van der Waals surface area contributed by atoms with Crippen LogP contribution in [-0.4, -0.2) is 38.5 Å². The maximum Gasteiger partial charge on any atom is 0.303 e. The maximum absolute atomic E-state index is 15.2. The van der Waals surface area contributed by atoms with Crippen LogP contribution in [0.5, 0.6) is 11.5 Å². The van der Waals surface area contributed by atoms with Crippen molar-refractivity contribution >= 4 is 5.97 Å². The van der Waals surface area contributed by atoms with Gasteiger partial charge in [-0.05, 0) is 94.7 Å². The zero-order valence-corrected chi connectivity index (χ0v) is 27.0. The van der Waals surface area contributed by atoms with Gasteiger partial charge in [-0.3, -0.25) is 4.79 Å². The fourth-order valence-electron chi connectivity index (χ4n) is 6.00. The molecule has 1 fully saturated rings. The Morgan fingerprint density at radius 2 is 1.75 bits per heavy atom. The molecule has 3 aromatic carbocycles. The molecule has 0 saturated heterocycles. The van der Waals surface area contributed by atoms with Crippen molar-refractivity contribution in [3.63, 3.8) is 0 Å². The molecule has 2 atom stereocenters. The Labute approximate surface area is 261 Å². The summed E-state index contributed by atoms with van der Waals surface area (Å²) < 4.78 is 38.5. The van der Waals surface area contributed by atoms with Crippen LogP contribution in [0.2, 0.25) is 0 Å². The lowest BCUT2D eigenvalue weighted by Crippen LogP contribution is -2.24. The first-order chi connectivity index (χ1) is 21.0. The molecule has 1 aliphatic rings. The minimum atomic E-state index is -0.783.